The molecule has 3 rings (SSSR count). The van der Waals surface area contributed by atoms with E-state index in [1.807, 2.05) is 31.2 Å². The van der Waals surface area contributed by atoms with E-state index in [-0.39, 0.29) is 0 Å². The van der Waals surface area contributed by atoms with Gasteiger partial charge in [-0.3, -0.25) is 0 Å². The lowest BCUT2D eigenvalue weighted by Crippen LogP contribution is -1.99. The minimum Gasteiger partial charge on any atom is -0.493 e. The van der Waals surface area contributed by atoms with E-state index in [1.54, 1.807) is 20.4 Å². The molecule has 0 aliphatic carbocycles. The second-order valence-corrected chi connectivity index (χ2v) is 5.96. The van der Waals surface area contributed by atoms with Crippen molar-refractivity contribution in [2.75, 3.05) is 25.3 Å². The van der Waals surface area contributed by atoms with Crippen molar-refractivity contribution in [1.29, 1.82) is 0 Å². The Morgan fingerprint density at radius 2 is 1.88 bits per heavy atom. The molecule has 0 aliphatic rings. The second-order valence-electron chi connectivity index (χ2n) is 4.93. The standard InChI is InChI=1S/C16H17N5O2S/c1-9-14(24-15(17)19-9)11-6-7-18-16(21-11)20-10-4-5-12(22-2)13(8-10)23-3/h4-8H,1-3H3,(H2,17,19)(H,18,20,21). The summed E-state index contributed by atoms with van der Waals surface area (Å²) in [4.78, 5) is 13.9. The van der Waals surface area contributed by atoms with Crippen LogP contribution in [0.4, 0.5) is 16.8 Å². The third-order valence-corrected chi connectivity index (χ3v) is 4.35. The smallest absolute Gasteiger partial charge is 0.227 e. The van der Waals surface area contributed by atoms with Crippen molar-refractivity contribution in [3.8, 4) is 22.1 Å². The number of nitrogens with two attached hydrogens (primary N) is 1. The fraction of sp³-hybridized carbons (Fsp3) is 0.188. The molecule has 2 aromatic heterocycles. The van der Waals surface area contributed by atoms with Crippen molar-refractivity contribution in [2.45, 2.75) is 6.92 Å². The van der Waals surface area contributed by atoms with Gasteiger partial charge in [0, 0.05) is 18.0 Å². The highest BCUT2D eigenvalue weighted by Crippen LogP contribution is 2.32. The quantitative estimate of drug-likeness (QED) is 0.734. The van der Waals surface area contributed by atoms with Gasteiger partial charge < -0.3 is 20.5 Å². The molecule has 3 N–H and O–H groups in total. The SMILES string of the molecule is COc1ccc(Nc2nccc(-c3sc(N)nc3C)n2)cc1OC. The molecule has 7 nitrogen and oxygen atoms in total. The average Bonchev–Trinajstić information content (AvgIpc) is 2.93. The van der Waals surface area contributed by atoms with E-state index >= 15 is 0 Å². The van der Waals surface area contributed by atoms with E-state index in [0.717, 1.165) is 22.0 Å². The summed E-state index contributed by atoms with van der Waals surface area (Å²) in [6.45, 7) is 1.91. The lowest BCUT2D eigenvalue weighted by molar-refractivity contribution is 0.355. The van der Waals surface area contributed by atoms with E-state index in [4.69, 9.17) is 15.2 Å². The van der Waals surface area contributed by atoms with Gasteiger partial charge in [-0.1, -0.05) is 11.3 Å². The Balaban J connectivity index is 1.89. The number of nitrogens with zero attached hydrogens (tertiary/aromatic N) is 3. The van der Waals surface area contributed by atoms with Gasteiger partial charge >= 0.3 is 0 Å². The molecule has 0 radical (unpaired) electrons. The van der Waals surface area contributed by atoms with Crippen LogP contribution in [0.3, 0.4) is 0 Å². The number of rotatable bonds is 5. The van der Waals surface area contributed by atoms with Gasteiger partial charge in [0.15, 0.2) is 16.6 Å². The van der Waals surface area contributed by atoms with E-state index < -0.39 is 0 Å². The van der Waals surface area contributed by atoms with Crippen LogP contribution in [0, 0.1) is 6.92 Å². The number of nitrogen functional groups attached to an aromatic ring is 1. The lowest BCUT2D eigenvalue weighted by Gasteiger charge is -2.10. The zero-order valence-electron chi connectivity index (χ0n) is 13.5. The van der Waals surface area contributed by atoms with Crippen molar-refractivity contribution in [1.82, 2.24) is 15.0 Å². The topological polar surface area (TPSA) is 95.2 Å². The van der Waals surface area contributed by atoms with Crippen molar-refractivity contribution in [3.63, 3.8) is 0 Å². The minimum absolute atomic E-state index is 0.478. The number of benzene rings is 1. The molecule has 0 atom stereocenters. The number of nitrogens with one attached hydrogen (secondary N) is 1. The highest BCUT2D eigenvalue weighted by atomic mass is 32.1. The number of methoxy groups -OCH3 is 2. The van der Waals surface area contributed by atoms with Crippen LogP contribution < -0.4 is 20.5 Å². The van der Waals surface area contributed by atoms with Crippen LogP contribution >= 0.6 is 11.3 Å². The molecule has 0 aliphatic heterocycles. The lowest BCUT2D eigenvalue weighted by atomic mass is 10.2. The Morgan fingerprint density at radius 3 is 2.54 bits per heavy atom. The molecular weight excluding hydrogens is 326 g/mol. The predicted octanol–water partition coefficient (Wildman–Crippen LogP) is 3.25. The molecule has 1 aromatic carbocycles. The first-order chi connectivity index (χ1) is 11.6. The molecule has 0 amide bonds. The van der Waals surface area contributed by atoms with Crippen LogP contribution in [0.1, 0.15) is 5.69 Å². The fourth-order valence-electron chi connectivity index (χ4n) is 2.24. The van der Waals surface area contributed by atoms with Gasteiger partial charge in [-0.25, -0.2) is 15.0 Å². The monoisotopic (exact) mass is 343 g/mol. The van der Waals surface area contributed by atoms with Gasteiger partial charge in [-0.05, 0) is 25.1 Å². The number of anilines is 3. The molecule has 0 saturated heterocycles. The average molecular weight is 343 g/mol. The summed E-state index contributed by atoms with van der Waals surface area (Å²) >= 11 is 1.41. The zero-order chi connectivity index (χ0) is 17.1. The Kier molecular flexibility index (Phi) is 4.48. The van der Waals surface area contributed by atoms with Crippen LogP contribution in [0.5, 0.6) is 11.5 Å². The predicted molar refractivity (Wildman–Crippen MR) is 95.1 cm³/mol. The maximum Gasteiger partial charge on any atom is 0.227 e. The van der Waals surface area contributed by atoms with Crippen LogP contribution in [0.25, 0.3) is 10.6 Å². The van der Waals surface area contributed by atoms with Crippen LogP contribution in [-0.4, -0.2) is 29.2 Å². The summed E-state index contributed by atoms with van der Waals surface area (Å²) in [6.07, 6.45) is 1.70. The first kappa shape index (κ1) is 16.0. The Labute approximate surface area is 143 Å². The molecule has 0 unspecified atom stereocenters. The van der Waals surface area contributed by atoms with Gasteiger partial charge in [0.1, 0.15) is 0 Å². The summed E-state index contributed by atoms with van der Waals surface area (Å²) in [5.74, 6) is 1.77. The summed E-state index contributed by atoms with van der Waals surface area (Å²) in [5, 5.41) is 3.69. The summed E-state index contributed by atoms with van der Waals surface area (Å²) in [6, 6.07) is 7.34. The molecule has 0 spiro atoms. The maximum absolute atomic E-state index is 5.76. The van der Waals surface area contributed by atoms with Gasteiger partial charge in [0.05, 0.1) is 30.5 Å². The van der Waals surface area contributed by atoms with Crippen LogP contribution in [-0.2, 0) is 0 Å². The molecular formula is C16H17N5O2S. The number of hydrogen-bond donors (Lipinski definition) is 2. The highest BCUT2D eigenvalue weighted by Gasteiger charge is 2.11. The third-order valence-electron chi connectivity index (χ3n) is 3.34. The van der Waals surface area contributed by atoms with Crippen LogP contribution in [0.15, 0.2) is 30.5 Å². The van der Waals surface area contributed by atoms with E-state index in [1.165, 1.54) is 11.3 Å². The largest absolute Gasteiger partial charge is 0.493 e. The second kappa shape index (κ2) is 6.71. The van der Waals surface area contributed by atoms with Crippen LogP contribution in [0.2, 0.25) is 0 Å². The number of ether oxygens (including phenoxy) is 2. The number of aromatic nitrogens is 3. The van der Waals surface area contributed by atoms with E-state index in [2.05, 4.69) is 20.3 Å². The van der Waals surface area contributed by atoms with Crippen molar-refractivity contribution < 1.29 is 9.47 Å². The molecule has 8 heteroatoms. The molecule has 0 fully saturated rings. The normalized spacial score (nSPS) is 10.5. The van der Waals surface area contributed by atoms with Crippen molar-refractivity contribution in [2.24, 2.45) is 0 Å². The van der Waals surface area contributed by atoms with Gasteiger partial charge in [-0.2, -0.15) is 0 Å². The van der Waals surface area contributed by atoms with Crippen molar-refractivity contribution >= 4 is 28.1 Å². The number of thiazole rings is 1. The van der Waals surface area contributed by atoms with E-state index in [0.29, 0.717) is 22.6 Å². The summed E-state index contributed by atoms with van der Waals surface area (Å²) in [5.41, 5.74) is 8.19. The van der Waals surface area contributed by atoms with Gasteiger partial charge in [0.2, 0.25) is 5.95 Å². The number of hydrogen-bond acceptors (Lipinski definition) is 8. The fourth-order valence-corrected chi connectivity index (χ4v) is 3.05. The Hall–Kier alpha value is -2.87. The van der Waals surface area contributed by atoms with E-state index in [9.17, 15) is 0 Å². The molecule has 24 heavy (non-hydrogen) atoms. The molecule has 124 valence electrons. The molecule has 0 bridgehead atoms. The summed E-state index contributed by atoms with van der Waals surface area (Å²) in [7, 11) is 3.19. The third kappa shape index (κ3) is 3.23. The maximum atomic E-state index is 5.76. The molecule has 0 saturated carbocycles. The van der Waals surface area contributed by atoms with Gasteiger partial charge in [-0.15, -0.1) is 0 Å². The van der Waals surface area contributed by atoms with Crippen molar-refractivity contribution in [3.05, 3.63) is 36.2 Å². The Bertz CT molecular complexity index is 865. The number of aryl methyl sites for hydroxylation is 1. The summed E-state index contributed by atoms with van der Waals surface area (Å²) < 4.78 is 10.5. The van der Waals surface area contributed by atoms with Gasteiger partial charge in [0.25, 0.3) is 0 Å². The first-order valence-corrected chi connectivity index (χ1v) is 7.97. The highest BCUT2D eigenvalue weighted by molar-refractivity contribution is 7.18. The Morgan fingerprint density at radius 1 is 1.08 bits per heavy atom. The first-order valence-electron chi connectivity index (χ1n) is 7.16. The minimum atomic E-state index is 0.478. The zero-order valence-corrected chi connectivity index (χ0v) is 14.3. The molecule has 3 aromatic rings. The molecule has 2 heterocycles.